The Bertz CT molecular complexity index is 938. The third-order valence-corrected chi connectivity index (χ3v) is 3.98. The largest absolute Gasteiger partial charge is 0.495 e. The molecule has 1 aromatic heterocycles. The Labute approximate surface area is 143 Å². The van der Waals surface area contributed by atoms with Gasteiger partial charge in [0.05, 0.1) is 19.9 Å². The van der Waals surface area contributed by atoms with Crippen LogP contribution in [0.3, 0.4) is 0 Å². The Kier molecular flexibility index (Phi) is 3.57. The van der Waals surface area contributed by atoms with E-state index in [-0.39, 0.29) is 6.79 Å². The van der Waals surface area contributed by atoms with E-state index in [1.54, 1.807) is 26.4 Å². The van der Waals surface area contributed by atoms with Crippen molar-refractivity contribution in [2.45, 2.75) is 0 Å². The van der Waals surface area contributed by atoms with E-state index in [1.807, 2.05) is 18.2 Å². The zero-order valence-corrected chi connectivity index (χ0v) is 13.7. The third-order valence-electron chi connectivity index (χ3n) is 3.98. The molecule has 4 rings (SSSR count). The van der Waals surface area contributed by atoms with E-state index in [0.29, 0.717) is 40.1 Å². The van der Waals surface area contributed by atoms with Crippen LogP contribution in [-0.2, 0) is 0 Å². The minimum atomic E-state index is 0.163. The number of methoxy groups -OCH3 is 2. The molecule has 8 nitrogen and oxygen atoms in total. The highest BCUT2D eigenvalue weighted by Crippen LogP contribution is 2.45. The second kappa shape index (κ2) is 5.90. The molecule has 0 radical (unpaired) electrons. The maximum Gasteiger partial charge on any atom is 0.231 e. The van der Waals surface area contributed by atoms with Crippen LogP contribution in [0.5, 0.6) is 23.0 Å². The molecule has 0 atom stereocenters. The summed E-state index contributed by atoms with van der Waals surface area (Å²) in [5.74, 6) is 2.38. The fourth-order valence-electron chi connectivity index (χ4n) is 2.78. The quantitative estimate of drug-likeness (QED) is 0.703. The fraction of sp³-hybridized carbons (Fsp3) is 0.176. The number of anilines is 1. The number of aromatic amines is 1. The van der Waals surface area contributed by atoms with E-state index >= 15 is 0 Å². The van der Waals surface area contributed by atoms with E-state index in [9.17, 15) is 0 Å². The molecule has 3 aromatic rings. The van der Waals surface area contributed by atoms with E-state index in [2.05, 4.69) is 15.4 Å². The molecule has 1 aliphatic heterocycles. The second-order valence-electron chi connectivity index (χ2n) is 5.39. The van der Waals surface area contributed by atoms with Gasteiger partial charge in [0, 0.05) is 11.1 Å². The molecule has 0 saturated heterocycles. The first-order valence-electron chi connectivity index (χ1n) is 7.54. The molecular weight excluding hydrogens is 324 g/mol. The number of nitrogen functional groups attached to an aromatic ring is 1. The number of aromatic nitrogens is 3. The summed E-state index contributed by atoms with van der Waals surface area (Å²) < 4.78 is 21.5. The van der Waals surface area contributed by atoms with Crippen molar-refractivity contribution in [1.29, 1.82) is 0 Å². The number of fused-ring (bicyclic) bond motifs is 1. The van der Waals surface area contributed by atoms with Crippen LogP contribution < -0.4 is 24.7 Å². The predicted octanol–water partition coefficient (Wildman–Crippen LogP) is 2.47. The normalized spacial score (nSPS) is 12.2. The summed E-state index contributed by atoms with van der Waals surface area (Å²) in [6, 6.07) is 9.15. The summed E-state index contributed by atoms with van der Waals surface area (Å²) in [4.78, 5) is 0. The highest BCUT2D eigenvalue weighted by Gasteiger charge is 2.23. The van der Waals surface area contributed by atoms with Gasteiger partial charge in [-0.05, 0) is 30.3 Å². The van der Waals surface area contributed by atoms with Crippen molar-refractivity contribution in [2.24, 2.45) is 0 Å². The summed E-state index contributed by atoms with van der Waals surface area (Å²) in [6.07, 6.45) is 0. The zero-order valence-electron chi connectivity index (χ0n) is 13.7. The van der Waals surface area contributed by atoms with Crippen molar-refractivity contribution in [3.63, 3.8) is 0 Å². The van der Waals surface area contributed by atoms with Gasteiger partial charge in [0.15, 0.2) is 11.5 Å². The van der Waals surface area contributed by atoms with Gasteiger partial charge in [-0.1, -0.05) is 0 Å². The van der Waals surface area contributed by atoms with Crippen LogP contribution in [0.4, 0.5) is 5.69 Å². The van der Waals surface area contributed by atoms with Gasteiger partial charge in [0.2, 0.25) is 12.5 Å². The molecule has 0 saturated carbocycles. The van der Waals surface area contributed by atoms with Gasteiger partial charge in [-0.15, -0.1) is 0 Å². The third kappa shape index (κ3) is 2.47. The van der Waals surface area contributed by atoms with E-state index in [0.717, 1.165) is 11.1 Å². The second-order valence-corrected chi connectivity index (χ2v) is 5.39. The summed E-state index contributed by atoms with van der Waals surface area (Å²) in [7, 11) is 3.15. The predicted molar refractivity (Wildman–Crippen MR) is 90.9 cm³/mol. The van der Waals surface area contributed by atoms with Gasteiger partial charge >= 0.3 is 0 Å². The van der Waals surface area contributed by atoms with Crippen LogP contribution >= 0.6 is 0 Å². The fourth-order valence-corrected chi connectivity index (χ4v) is 2.78. The van der Waals surface area contributed by atoms with Crippen LogP contribution in [0.1, 0.15) is 0 Å². The number of ether oxygens (including phenoxy) is 4. The van der Waals surface area contributed by atoms with E-state index in [1.165, 1.54) is 0 Å². The lowest BCUT2D eigenvalue weighted by Crippen LogP contribution is -1.94. The van der Waals surface area contributed by atoms with Crippen molar-refractivity contribution in [3.8, 4) is 45.5 Å². The molecule has 128 valence electrons. The van der Waals surface area contributed by atoms with Crippen molar-refractivity contribution < 1.29 is 18.9 Å². The van der Waals surface area contributed by atoms with Crippen molar-refractivity contribution >= 4 is 5.69 Å². The lowest BCUT2D eigenvalue weighted by molar-refractivity contribution is 0.171. The first-order valence-corrected chi connectivity index (χ1v) is 7.54. The SMILES string of the molecule is COc1ccc(-c2n[nH]nc2-c2cc(OC)c3c(c2)OCO3)cc1N. The van der Waals surface area contributed by atoms with Gasteiger partial charge in [-0.2, -0.15) is 15.4 Å². The lowest BCUT2D eigenvalue weighted by atomic mass is 10.0. The molecule has 0 spiro atoms. The molecule has 1 aliphatic rings. The number of nitrogens with zero attached hydrogens (tertiary/aromatic N) is 2. The molecule has 0 bridgehead atoms. The van der Waals surface area contributed by atoms with Gasteiger partial charge in [-0.25, -0.2) is 0 Å². The summed E-state index contributed by atoms with van der Waals surface area (Å²) >= 11 is 0. The van der Waals surface area contributed by atoms with E-state index < -0.39 is 0 Å². The number of rotatable bonds is 4. The van der Waals surface area contributed by atoms with Crippen LogP contribution in [0.25, 0.3) is 22.5 Å². The van der Waals surface area contributed by atoms with Gasteiger partial charge in [0.1, 0.15) is 17.1 Å². The maximum absolute atomic E-state index is 6.01. The van der Waals surface area contributed by atoms with Gasteiger partial charge in [-0.3, -0.25) is 0 Å². The van der Waals surface area contributed by atoms with Gasteiger partial charge in [0.25, 0.3) is 0 Å². The van der Waals surface area contributed by atoms with Crippen LogP contribution in [0, 0.1) is 0 Å². The zero-order chi connectivity index (χ0) is 17.4. The first-order chi connectivity index (χ1) is 12.2. The Morgan fingerprint density at radius 1 is 0.960 bits per heavy atom. The minimum absolute atomic E-state index is 0.163. The molecule has 8 heteroatoms. The molecule has 0 fully saturated rings. The molecule has 0 unspecified atom stereocenters. The number of H-pyrrole nitrogens is 1. The number of hydrogen-bond acceptors (Lipinski definition) is 7. The molecular formula is C17H16N4O4. The average Bonchev–Trinajstić information content (AvgIpc) is 3.29. The number of nitrogens with one attached hydrogen (secondary N) is 1. The Morgan fingerprint density at radius 2 is 1.72 bits per heavy atom. The summed E-state index contributed by atoms with van der Waals surface area (Å²) in [5.41, 5.74) is 9.46. The highest BCUT2D eigenvalue weighted by molar-refractivity contribution is 5.82. The smallest absolute Gasteiger partial charge is 0.231 e. The van der Waals surface area contributed by atoms with Crippen molar-refractivity contribution in [1.82, 2.24) is 15.4 Å². The Morgan fingerprint density at radius 3 is 2.44 bits per heavy atom. The van der Waals surface area contributed by atoms with E-state index in [4.69, 9.17) is 24.7 Å². The average molecular weight is 340 g/mol. The Balaban J connectivity index is 1.82. The molecule has 2 aromatic carbocycles. The van der Waals surface area contributed by atoms with Crippen molar-refractivity contribution in [2.75, 3.05) is 26.7 Å². The molecule has 25 heavy (non-hydrogen) atoms. The summed E-state index contributed by atoms with van der Waals surface area (Å²) in [6.45, 7) is 0.163. The lowest BCUT2D eigenvalue weighted by Gasteiger charge is -2.09. The van der Waals surface area contributed by atoms with Crippen molar-refractivity contribution in [3.05, 3.63) is 30.3 Å². The number of nitrogens with two attached hydrogens (primary N) is 1. The topological polar surface area (TPSA) is 105 Å². The van der Waals surface area contributed by atoms with Crippen LogP contribution in [-0.4, -0.2) is 36.4 Å². The molecule has 2 heterocycles. The van der Waals surface area contributed by atoms with Gasteiger partial charge < -0.3 is 24.7 Å². The molecule has 0 amide bonds. The molecule has 3 N–H and O–H groups in total. The first kappa shape index (κ1) is 15.1. The Hall–Kier alpha value is -3.42. The highest BCUT2D eigenvalue weighted by atomic mass is 16.7. The standard InChI is InChI=1S/C17H16N4O4/c1-22-12-4-3-9(5-11(12)18)15-16(20-21-19-15)10-6-13(23-2)17-14(7-10)24-8-25-17/h3-7H,8,18H2,1-2H3,(H,19,20,21). The molecule has 0 aliphatic carbocycles. The maximum atomic E-state index is 6.01. The number of hydrogen-bond donors (Lipinski definition) is 2. The number of benzene rings is 2. The van der Waals surface area contributed by atoms with Crippen LogP contribution in [0.15, 0.2) is 30.3 Å². The monoisotopic (exact) mass is 340 g/mol. The minimum Gasteiger partial charge on any atom is -0.495 e. The summed E-state index contributed by atoms with van der Waals surface area (Å²) in [5, 5.41) is 11.2. The van der Waals surface area contributed by atoms with Crippen LogP contribution in [0.2, 0.25) is 0 Å².